The fourth-order valence-electron chi connectivity index (χ4n) is 4.05. The minimum Gasteiger partial charge on any atom is -0.489 e. The van der Waals surface area contributed by atoms with E-state index in [4.69, 9.17) is 16.3 Å². The number of aryl methyl sites for hydroxylation is 2. The molecule has 3 nitrogen and oxygen atoms in total. The van der Waals surface area contributed by atoms with E-state index in [2.05, 4.69) is 46.9 Å². The summed E-state index contributed by atoms with van der Waals surface area (Å²) < 4.78 is 8.50. The van der Waals surface area contributed by atoms with E-state index < -0.39 is 0 Å². The largest absolute Gasteiger partial charge is 0.489 e. The highest BCUT2D eigenvalue weighted by Crippen LogP contribution is 2.27. The molecule has 0 amide bonds. The molecule has 1 saturated heterocycles. The molecule has 0 aliphatic carbocycles. The van der Waals surface area contributed by atoms with E-state index in [9.17, 15) is 0 Å². The van der Waals surface area contributed by atoms with Gasteiger partial charge in [-0.05, 0) is 56.5 Å². The molecular weight excluding hydrogens is 356 g/mol. The fourth-order valence-corrected chi connectivity index (χ4v) is 4.23. The molecule has 0 spiro atoms. The number of ether oxygens (including phenoxy) is 1. The van der Waals surface area contributed by atoms with Gasteiger partial charge in [0.2, 0.25) is 0 Å². The average molecular weight is 383 g/mol. The summed E-state index contributed by atoms with van der Waals surface area (Å²) in [5.74, 6) is 0.812. The van der Waals surface area contributed by atoms with Gasteiger partial charge in [0.25, 0.3) is 0 Å². The van der Waals surface area contributed by atoms with Gasteiger partial charge in [0.1, 0.15) is 11.9 Å². The summed E-state index contributed by atoms with van der Waals surface area (Å²) in [7, 11) is 0. The molecule has 0 bridgehead atoms. The molecule has 0 atom stereocenters. The molecule has 1 aromatic heterocycles. The predicted molar refractivity (Wildman–Crippen MR) is 113 cm³/mol. The van der Waals surface area contributed by atoms with Crippen molar-refractivity contribution in [2.45, 2.75) is 38.8 Å². The van der Waals surface area contributed by atoms with Crippen molar-refractivity contribution in [1.29, 1.82) is 0 Å². The number of hydrogen-bond donors (Lipinski definition) is 0. The molecule has 3 aromatic rings. The molecule has 0 radical (unpaired) electrons. The number of aromatic nitrogens is 1. The quantitative estimate of drug-likeness (QED) is 0.557. The number of halogens is 1. The molecule has 4 rings (SSSR count). The summed E-state index contributed by atoms with van der Waals surface area (Å²) in [5.41, 5.74) is 2.71. The highest BCUT2D eigenvalue weighted by atomic mass is 35.5. The molecule has 2 heterocycles. The van der Waals surface area contributed by atoms with E-state index in [1.54, 1.807) is 0 Å². The number of likely N-dealkylation sites (tertiary alicyclic amines) is 1. The van der Waals surface area contributed by atoms with Gasteiger partial charge in [0.15, 0.2) is 0 Å². The SMILES string of the molecule is Cc1cn(CCCN2CCC(Oc3ccccc3Cl)CC2)c2ccccc12. The molecule has 0 unspecified atom stereocenters. The standard InChI is InChI=1S/C23H27ClN2O/c1-18-17-26(22-9-4-2-7-20(18)22)14-6-13-25-15-11-19(12-16-25)27-23-10-5-3-8-21(23)24/h2-5,7-10,17,19H,6,11-16H2,1H3. The van der Waals surface area contributed by atoms with Crippen LogP contribution in [0, 0.1) is 6.92 Å². The lowest BCUT2D eigenvalue weighted by molar-refractivity contribution is 0.0994. The van der Waals surface area contributed by atoms with Crippen LogP contribution in [-0.4, -0.2) is 35.2 Å². The summed E-state index contributed by atoms with van der Waals surface area (Å²) in [6, 6.07) is 16.4. The van der Waals surface area contributed by atoms with Gasteiger partial charge in [0.05, 0.1) is 5.02 Å². The first-order valence-corrected chi connectivity index (χ1v) is 10.3. The van der Waals surface area contributed by atoms with Crippen molar-refractivity contribution in [1.82, 2.24) is 9.47 Å². The molecule has 1 aliphatic rings. The lowest BCUT2D eigenvalue weighted by atomic mass is 10.1. The number of nitrogens with zero attached hydrogens (tertiary/aromatic N) is 2. The van der Waals surface area contributed by atoms with Gasteiger partial charge in [0, 0.05) is 36.7 Å². The Morgan fingerprint density at radius 2 is 1.74 bits per heavy atom. The second-order valence-corrected chi connectivity index (χ2v) is 7.87. The second kappa shape index (κ2) is 8.37. The van der Waals surface area contributed by atoms with Gasteiger partial charge in [-0.25, -0.2) is 0 Å². The number of hydrogen-bond acceptors (Lipinski definition) is 2. The van der Waals surface area contributed by atoms with E-state index in [1.165, 1.54) is 22.9 Å². The van der Waals surface area contributed by atoms with E-state index >= 15 is 0 Å². The van der Waals surface area contributed by atoms with Crippen LogP contribution in [0.2, 0.25) is 5.02 Å². The summed E-state index contributed by atoms with van der Waals surface area (Å²) in [4.78, 5) is 2.56. The van der Waals surface area contributed by atoms with Crippen molar-refractivity contribution < 1.29 is 4.74 Å². The number of piperidine rings is 1. The lowest BCUT2D eigenvalue weighted by Crippen LogP contribution is -2.39. The Balaban J connectivity index is 1.24. The average Bonchev–Trinajstić information content (AvgIpc) is 3.01. The Bertz CT molecular complexity index is 896. The van der Waals surface area contributed by atoms with Crippen molar-refractivity contribution in [2.24, 2.45) is 0 Å². The van der Waals surface area contributed by atoms with Crippen molar-refractivity contribution in [3.8, 4) is 5.75 Å². The van der Waals surface area contributed by atoms with Gasteiger partial charge < -0.3 is 14.2 Å². The third kappa shape index (κ3) is 4.31. The monoisotopic (exact) mass is 382 g/mol. The summed E-state index contributed by atoms with van der Waals surface area (Å²) in [6.07, 6.45) is 5.87. The van der Waals surface area contributed by atoms with Gasteiger partial charge in [-0.3, -0.25) is 0 Å². The van der Waals surface area contributed by atoms with E-state index in [0.29, 0.717) is 5.02 Å². The molecule has 1 aliphatic heterocycles. The van der Waals surface area contributed by atoms with Crippen LogP contribution in [-0.2, 0) is 6.54 Å². The highest BCUT2D eigenvalue weighted by Gasteiger charge is 2.21. The second-order valence-electron chi connectivity index (χ2n) is 7.47. The van der Waals surface area contributed by atoms with Crippen LogP contribution in [0.25, 0.3) is 10.9 Å². The minimum absolute atomic E-state index is 0.275. The summed E-state index contributed by atoms with van der Waals surface area (Å²) in [5, 5.41) is 2.07. The van der Waals surface area contributed by atoms with Crippen LogP contribution in [0.5, 0.6) is 5.75 Å². The van der Waals surface area contributed by atoms with Crippen molar-refractivity contribution in [2.75, 3.05) is 19.6 Å². The van der Waals surface area contributed by atoms with Crippen molar-refractivity contribution >= 4 is 22.5 Å². The molecule has 4 heteroatoms. The third-order valence-corrected chi connectivity index (χ3v) is 5.84. The Labute approximate surface area is 166 Å². The molecule has 27 heavy (non-hydrogen) atoms. The van der Waals surface area contributed by atoms with Gasteiger partial charge >= 0.3 is 0 Å². The topological polar surface area (TPSA) is 17.4 Å². The Hall–Kier alpha value is -1.97. The predicted octanol–water partition coefficient (Wildman–Crippen LogP) is 5.54. The molecule has 1 fully saturated rings. The molecular formula is C23H27ClN2O. The molecule has 0 N–H and O–H groups in total. The first-order chi connectivity index (χ1) is 13.2. The molecule has 142 valence electrons. The third-order valence-electron chi connectivity index (χ3n) is 5.53. The maximum atomic E-state index is 6.20. The highest BCUT2D eigenvalue weighted by molar-refractivity contribution is 6.32. The zero-order chi connectivity index (χ0) is 18.6. The number of rotatable bonds is 6. The van der Waals surface area contributed by atoms with Gasteiger partial charge in [-0.15, -0.1) is 0 Å². The zero-order valence-electron chi connectivity index (χ0n) is 15.9. The zero-order valence-corrected chi connectivity index (χ0v) is 16.7. The van der Waals surface area contributed by atoms with E-state index in [1.807, 2.05) is 24.3 Å². The normalized spacial score (nSPS) is 16.1. The maximum absolute atomic E-state index is 6.20. The number of para-hydroxylation sites is 2. The summed E-state index contributed by atoms with van der Waals surface area (Å²) >= 11 is 6.20. The summed E-state index contributed by atoms with van der Waals surface area (Å²) in [6.45, 7) is 6.61. The first-order valence-electron chi connectivity index (χ1n) is 9.89. The molecule has 2 aromatic carbocycles. The number of benzene rings is 2. The maximum Gasteiger partial charge on any atom is 0.138 e. The van der Waals surface area contributed by atoms with Crippen LogP contribution in [0.3, 0.4) is 0 Å². The van der Waals surface area contributed by atoms with E-state index in [-0.39, 0.29) is 6.10 Å². The van der Waals surface area contributed by atoms with Crippen molar-refractivity contribution in [3.05, 3.63) is 65.3 Å². The van der Waals surface area contributed by atoms with Gasteiger partial charge in [-0.1, -0.05) is 41.9 Å². The molecule has 0 saturated carbocycles. The van der Waals surface area contributed by atoms with Crippen LogP contribution in [0.15, 0.2) is 54.7 Å². The fraction of sp³-hybridized carbons (Fsp3) is 0.391. The van der Waals surface area contributed by atoms with Crippen LogP contribution in [0.4, 0.5) is 0 Å². The lowest BCUT2D eigenvalue weighted by Gasteiger charge is -2.32. The van der Waals surface area contributed by atoms with Crippen LogP contribution >= 0.6 is 11.6 Å². The van der Waals surface area contributed by atoms with Crippen LogP contribution < -0.4 is 4.74 Å². The van der Waals surface area contributed by atoms with Crippen molar-refractivity contribution in [3.63, 3.8) is 0 Å². The number of fused-ring (bicyclic) bond motifs is 1. The van der Waals surface area contributed by atoms with Crippen LogP contribution in [0.1, 0.15) is 24.8 Å². The first kappa shape index (κ1) is 18.4. The Morgan fingerprint density at radius 3 is 2.56 bits per heavy atom. The Morgan fingerprint density at radius 1 is 1.00 bits per heavy atom. The minimum atomic E-state index is 0.275. The van der Waals surface area contributed by atoms with Gasteiger partial charge in [-0.2, -0.15) is 0 Å². The smallest absolute Gasteiger partial charge is 0.138 e. The Kier molecular flexibility index (Phi) is 5.70. The van der Waals surface area contributed by atoms with E-state index in [0.717, 1.165) is 44.8 Å².